The lowest BCUT2D eigenvalue weighted by Gasteiger charge is -2.06. The minimum Gasteiger partial charge on any atom is -0.385 e. The Morgan fingerprint density at radius 3 is 2.32 bits per heavy atom. The quantitative estimate of drug-likeness (QED) is 0.649. The second-order valence-electron chi connectivity index (χ2n) is 5.27. The molecule has 0 saturated heterocycles. The van der Waals surface area contributed by atoms with Crippen LogP contribution in [0.2, 0.25) is 0 Å². The topological polar surface area (TPSA) is 34.0 Å². The minimum atomic E-state index is 0.0425. The van der Waals surface area contributed by atoms with Gasteiger partial charge in [-0.1, -0.05) is 51.9 Å². The van der Waals surface area contributed by atoms with Crippen molar-refractivity contribution < 1.29 is 0 Å². The van der Waals surface area contributed by atoms with Crippen molar-refractivity contribution in [2.24, 2.45) is 7.05 Å². The van der Waals surface area contributed by atoms with Crippen molar-refractivity contribution in [2.45, 2.75) is 58.3 Å². The van der Waals surface area contributed by atoms with Crippen LogP contribution in [0.5, 0.6) is 0 Å². The van der Waals surface area contributed by atoms with Crippen molar-refractivity contribution in [1.82, 2.24) is 4.57 Å². The minimum absolute atomic E-state index is 0.0425. The molecule has 3 heteroatoms. The number of nitrogens with one attached hydrogen (secondary N) is 1. The molecule has 1 rings (SSSR count). The summed E-state index contributed by atoms with van der Waals surface area (Å²) in [5.74, 6) is 0. The molecule has 0 radical (unpaired) electrons. The van der Waals surface area contributed by atoms with E-state index >= 15 is 0 Å². The van der Waals surface area contributed by atoms with Gasteiger partial charge in [-0.3, -0.25) is 4.79 Å². The first kappa shape index (κ1) is 15.8. The Kier molecular flexibility index (Phi) is 8.03. The predicted molar refractivity (Wildman–Crippen MR) is 82.8 cm³/mol. The average molecular weight is 264 g/mol. The van der Waals surface area contributed by atoms with Crippen molar-refractivity contribution in [3.8, 4) is 0 Å². The molecule has 1 N–H and O–H groups in total. The fourth-order valence-corrected chi connectivity index (χ4v) is 2.15. The molecular formula is C16H28N2O. The van der Waals surface area contributed by atoms with Crippen LogP contribution in [0.25, 0.3) is 0 Å². The number of aryl methyl sites for hydroxylation is 1. The van der Waals surface area contributed by atoms with Gasteiger partial charge < -0.3 is 9.88 Å². The van der Waals surface area contributed by atoms with Crippen LogP contribution in [0, 0.1) is 0 Å². The first-order valence-electron chi connectivity index (χ1n) is 7.64. The van der Waals surface area contributed by atoms with Crippen LogP contribution in [0.1, 0.15) is 58.3 Å². The summed E-state index contributed by atoms with van der Waals surface area (Å²) in [5.41, 5.74) is 0.979. The van der Waals surface area contributed by atoms with E-state index in [-0.39, 0.29) is 5.56 Å². The fraction of sp³-hybridized carbons (Fsp3) is 0.688. The first-order valence-corrected chi connectivity index (χ1v) is 7.64. The number of rotatable bonds is 10. The van der Waals surface area contributed by atoms with Gasteiger partial charge in [0.1, 0.15) is 0 Å². The Labute approximate surface area is 117 Å². The second kappa shape index (κ2) is 9.65. The highest BCUT2D eigenvalue weighted by Crippen LogP contribution is 2.09. The summed E-state index contributed by atoms with van der Waals surface area (Å²) < 4.78 is 1.58. The van der Waals surface area contributed by atoms with Crippen LogP contribution in [0.3, 0.4) is 0 Å². The smallest absolute Gasteiger partial charge is 0.252 e. The predicted octanol–water partition coefficient (Wildman–Crippen LogP) is 3.94. The van der Waals surface area contributed by atoms with Crippen molar-refractivity contribution in [2.75, 3.05) is 11.9 Å². The Morgan fingerprint density at radius 2 is 1.68 bits per heavy atom. The highest BCUT2D eigenvalue weighted by Gasteiger charge is 1.95. The largest absolute Gasteiger partial charge is 0.385 e. The third kappa shape index (κ3) is 7.04. The molecule has 19 heavy (non-hydrogen) atoms. The van der Waals surface area contributed by atoms with Crippen LogP contribution in [0.4, 0.5) is 5.69 Å². The molecule has 3 nitrogen and oxygen atoms in total. The number of anilines is 1. The van der Waals surface area contributed by atoms with E-state index < -0.39 is 0 Å². The Hall–Kier alpha value is -1.25. The number of unbranched alkanes of at least 4 members (excludes halogenated alkanes) is 7. The third-order valence-corrected chi connectivity index (χ3v) is 3.46. The monoisotopic (exact) mass is 264 g/mol. The maximum absolute atomic E-state index is 11.4. The molecule has 1 aromatic rings. The Morgan fingerprint density at radius 1 is 1.05 bits per heavy atom. The van der Waals surface area contributed by atoms with Gasteiger partial charge >= 0.3 is 0 Å². The van der Waals surface area contributed by atoms with Gasteiger partial charge in [0.05, 0.1) is 0 Å². The van der Waals surface area contributed by atoms with Crippen LogP contribution < -0.4 is 10.9 Å². The molecule has 0 unspecified atom stereocenters. The van der Waals surface area contributed by atoms with Gasteiger partial charge in [0.2, 0.25) is 0 Å². The van der Waals surface area contributed by atoms with Crippen molar-refractivity contribution in [3.63, 3.8) is 0 Å². The summed E-state index contributed by atoms with van der Waals surface area (Å²) in [4.78, 5) is 11.4. The van der Waals surface area contributed by atoms with Crippen molar-refractivity contribution >= 4 is 5.69 Å². The lowest BCUT2D eigenvalue weighted by Crippen LogP contribution is -2.15. The molecule has 0 fully saturated rings. The molecule has 0 saturated carbocycles. The van der Waals surface area contributed by atoms with Crippen molar-refractivity contribution in [1.29, 1.82) is 0 Å². The summed E-state index contributed by atoms with van der Waals surface area (Å²) in [6, 6.07) is 3.61. The van der Waals surface area contributed by atoms with Gasteiger partial charge in [-0.25, -0.2) is 0 Å². The van der Waals surface area contributed by atoms with E-state index in [4.69, 9.17) is 0 Å². The van der Waals surface area contributed by atoms with Gasteiger partial charge in [-0.05, 0) is 12.5 Å². The van der Waals surface area contributed by atoms with E-state index in [1.165, 1.54) is 51.4 Å². The normalized spacial score (nSPS) is 10.6. The summed E-state index contributed by atoms with van der Waals surface area (Å²) >= 11 is 0. The molecule has 108 valence electrons. The van der Waals surface area contributed by atoms with Gasteiger partial charge in [0.15, 0.2) is 0 Å². The average Bonchev–Trinajstić information content (AvgIpc) is 2.41. The summed E-state index contributed by atoms with van der Waals surface area (Å²) in [6.07, 6.45) is 12.4. The maximum atomic E-state index is 11.4. The molecule has 0 aromatic carbocycles. The fourth-order valence-electron chi connectivity index (χ4n) is 2.15. The first-order chi connectivity index (χ1) is 9.24. The van der Waals surface area contributed by atoms with E-state index in [2.05, 4.69) is 12.2 Å². The lowest BCUT2D eigenvalue weighted by molar-refractivity contribution is 0.581. The number of aromatic nitrogens is 1. The number of pyridine rings is 1. The standard InChI is InChI=1S/C16H28N2O/c1-3-4-5-6-7-8-9-10-12-17-15-11-13-18(2)16(19)14-15/h11,13-14,17H,3-10,12H2,1-2H3. The zero-order valence-corrected chi connectivity index (χ0v) is 12.5. The molecule has 1 heterocycles. The molecular weight excluding hydrogens is 236 g/mol. The summed E-state index contributed by atoms with van der Waals surface area (Å²) in [5, 5.41) is 3.31. The molecule has 1 aromatic heterocycles. The van der Waals surface area contributed by atoms with Crippen LogP contribution >= 0.6 is 0 Å². The number of nitrogens with zero attached hydrogens (tertiary/aromatic N) is 1. The molecule has 0 amide bonds. The van der Waals surface area contributed by atoms with Crippen LogP contribution in [0.15, 0.2) is 23.1 Å². The second-order valence-corrected chi connectivity index (χ2v) is 5.27. The van der Waals surface area contributed by atoms with Gasteiger partial charge in [-0.15, -0.1) is 0 Å². The van der Waals surface area contributed by atoms with E-state index in [0.29, 0.717) is 0 Å². The zero-order valence-electron chi connectivity index (χ0n) is 12.5. The molecule has 0 aliphatic heterocycles. The third-order valence-electron chi connectivity index (χ3n) is 3.46. The van der Waals surface area contributed by atoms with E-state index in [1.807, 2.05) is 6.07 Å². The highest BCUT2D eigenvalue weighted by molar-refractivity contribution is 5.40. The number of hydrogen-bond acceptors (Lipinski definition) is 2. The van der Waals surface area contributed by atoms with Gasteiger partial charge in [0.25, 0.3) is 5.56 Å². The summed E-state index contributed by atoms with van der Waals surface area (Å²) in [6.45, 7) is 3.21. The summed E-state index contributed by atoms with van der Waals surface area (Å²) in [7, 11) is 1.77. The van der Waals surface area contributed by atoms with Crippen LogP contribution in [-0.2, 0) is 7.05 Å². The lowest BCUT2D eigenvalue weighted by atomic mass is 10.1. The molecule has 0 atom stereocenters. The highest BCUT2D eigenvalue weighted by atomic mass is 16.1. The van der Waals surface area contributed by atoms with Gasteiger partial charge in [-0.2, -0.15) is 0 Å². The Balaban J connectivity index is 2.01. The molecule has 0 bridgehead atoms. The zero-order chi connectivity index (χ0) is 13.9. The van der Waals surface area contributed by atoms with E-state index in [0.717, 1.165) is 12.2 Å². The SMILES string of the molecule is CCCCCCCCCCNc1ccn(C)c(=O)c1. The molecule has 0 spiro atoms. The molecule has 0 aliphatic carbocycles. The number of hydrogen-bond donors (Lipinski definition) is 1. The Bertz CT molecular complexity index is 398. The van der Waals surface area contributed by atoms with Gasteiger partial charge in [0, 0.05) is 31.5 Å². The van der Waals surface area contributed by atoms with E-state index in [9.17, 15) is 4.79 Å². The molecule has 0 aliphatic rings. The van der Waals surface area contributed by atoms with Crippen molar-refractivity contribution in [3.05, 3.63) is 28.7 Å². The maximum Gasteiger partial charge on any atom is 0.252 e. The van der Waals surface area contributed by atoms with Crippen LogP contribution in [-0.4, -0.2) is 11.1 Å². The van der Waals surface area contributed by atoms with E-state index in [1.54, 1.807) is 23.9 Å².